The number of anilines is 2. The maximum atomic E-state index is 12.6. The van der Waals surface area contributed by atoms with Gasteiger partial charge in [-0.1, -0.05) is 19.1 Å². The minimum absolute atomic E-state index is 0.0990. The van der Waals surface area contributed by atoms with Crippen molar-refractivity contribution in [1.82, 2.24) is 0 Å². The van der Waals surface area contributed by atoms with Crippen molar-refractivity contribution in [2.24, 2.45) is 5.41 Å². The molecule has 0 saturated heterocycles. The number of nitriles is 1. The van der Waals surface area contributed by atoms with E-state index in [-0.39, 0.29) is 5.91 Å². The van der Waals surface area contributed by atoms with E-state index in [2.05, 4.69) is 11.0 Å². The monoisotopic (exact) mass is 257 g/mol. The highest BCUT2D eigenvalue weighted by molar-refractivity contribution is 6.02. The molecule has 0 radical (unpaired) electrons. The summed E-state index contributed by atoms with van der Waals surface area (Å²) in [5.74, 6) is -0.0990. The third-order valence-electron chi connectivity index (χ3n) is 3.91. The van der Waals surface area contributed by atoms with Crippen molar-refractivity contribution < 1.29 is 4.79 Å². The number of amides is 1. The first-order valence-electron chi connectivity index (χ1n) is 6.57. The highest BCUT2D eigenvalue weighted by Crippen LogP contribution is 2.35. The second-order valence-corrected chi connectivity index (χ2v) is 5.16. The van der Waals surface area contributed by atoms with Crippen LogP contribution in [0.15, 0.2) is 24.3 Å². The van der Waals surface area contributed by atoms with Gasteiger partial charge in [-0.15, -0.1) is 0 Å². The van der Waals surface area contributed by atoms with Crippen LogP contribution in [0.3, 0.4) is 0 Å². The summed E-state index contributed by atoms with van der Waals surface area (Å²) < 4.78 is 0. The van der Waals surface area contributed by atoms with E-state index in [1.54, 1.807) is 11.8 Å². The Labute approximate surface area is 114 Å². The number of likely N-dealkylation sites (N-methyl/N-ethyl adjacent to an activating group) is 1. The van der Waals surface area contributed by atoms with Crippen LogP contribution < -0.4 is 9.80 Å². The first-order chi connectivity index (χ1) is 9.03. The molecule has 0 fully saturated rings. The molecule has 4 heteroatoms. The number of para-hydroxylation sites is 2. The molecule has 1 aromatic rings. The molecule has 0 aromatic heterocycles. The fourth-order valence-corrected chi connectivity index (χ4v) is 2.29. The van der Waals surface area contributed by atoms with Crippen molar-refractivity contribution in [1.29, 1.82) is 5.26 Å². The average Bonchev–Trinajstić information content (AvgIpc) is 2.46. The van der Waals surface area contributed by atoms with Gasteiger partial charge in [-0.2, -0.15) is 5.26 Å². The molecular formula is C15H19N3O. The Morgan fingerprint density at radius 3 is 2.58 bits per heavy atom. The maximum Gasteiger partial charge on any atom is 0.247 e. The van der Waals surface area contributed by atoms with Crippen molar-refractivity contribution in [2.75, 3.05) is 29.9 Å². The van der Waals surface area contributed by atoms with Crippen LogP contribution in [-0.4, -0.2) is 26.0 Å². The van der Waals surface area contributed by atoms with Gasteiger partial charge in [-0.25, -0.2) is 0 Å². The quantitative estimate of drug-likeness (QED) is 0.817. The molecule has 0 saturated carbocycles. The summed E-state index contributed by atoms with van der Waals surface area (Å²) in [7, 11) is 2.02. The molecule has 1 unspecified atom stereocenters. The standard InChI is InChI=1S/C15H19N3O/c1-4-15(2,11-16)14(19)18-10-9-17(3)12-7-5-6-8-13(12)18/h5-8H,4,9-10H2,1-3H3. The van der Waals surface area contributed by atoms with Crippen LogP contribution in [0.4, 0.5) is 11.4 Å². The first-order valence-corrected chi connectivity index (χ1v) is 6.57. The van der Waals surface area contributed by atoms with Crippen LogP contribution >= 0.6 is 0 Å². The molecule has 1 aliphatic heterocycles. The minimum atomic E-state index is -0.941. The number of rotatable bonds is 2. The summed E-state index contributed by atoms with van der Waals surface area (Å²) in [6.45, 7) is 5.01. The van der Waals surface area contributed by atoms with Crippen LogP contribution in [0, 0.1) is 16.7 Å². The second-order valence-electron chi connectivity index (χ2n) is 5.16. The Morgan fingerprint density at radius 1 is 1.37 bits per heavy atom. The molecule has 0 bridgehead atoms. The number of fused-ring (bicyclic) bond motifs is 1. The SMILES string of the molecule is CCC(C)(C#N)C(=O)N1CCN(C)c2ccccc21. The molecule has 2 rings (SSSR count). The maximum absolute atomic E-state index is 12.6. The Bertz CT molecular complexity index is 534. The van der Waals surface area contributed by atoms with Crippen molar-refractivity contribution in [3.05, 3.63) is 24.3 Å². The lowest BCUT2D eigenvalue weighted by atomic mass is 9.87. The predicted octanol–water partition coefficient (Wildman–Crippen LogP) is 2.41. The number of benzene rings is 1. The summed E-state index contributed by atoms with van der Waals surface area (Å²) in [6.07, 6.45) is 0.525. The van der Waals surface area contributed by atoms with Gasteiger partial charge in [0.25, 0.3) is 0 Å². The van der Waals surface area contributed by atoms with E-state index < -0.39 is 5.41 Å². The Hall–Kier alpha value is -2.02. The topological polar surface area (TPSA) is 47.3 Å². The zero-order valence-corrected chi connectivity index (χ0v) is 11.7. The zero-order valence-electron chi connectivity index (χ0n) is 11.7. The van der Waals surface area contributed by atoms with Crippen LogP contribution in [-0.2, 0) is 4.79 Å². The summed E-state index contributed by atoms with van der Waals surface area (Å²) in [4.78, 5) is 16.5. The van der Waals surface area contributed by atoms with Crippen LogP contribution in [0.2, 0.25) is 0 Å². The fraction of sp³-hybridized carbons (Fsp3) is 0.467. The number of hydrogen-bond acceptors (Lipinski definition) is 3. The number of hydrogen-bond donors (Lipinski definition) is 0. The van der Waals surface area contributed by atoms with Crippen molar-refractivity contribution in [3.8, 4) is 6.07 Å². The second kappa shape index (κ2) is 4.93. The Kier molecular flexibility index (Phi) is 3.48. The molecule has 1 atom stereocenters. The van der Waals surface area contributed by atoms with E-state index in [1.165, 1.54) is 0 Å². The number of carbonyl (C=O) groups is 1. The lowest BCUT2D eigenvalue weighted by Gasteiger charge is -2.38. The van der Waals surface area contributed by atoms with Crippen molar-refractivity contribution in [2.45, 2.75) is 20.3 Å². The summed E-state index contributed by atoms with van der Waals surface area (Å²) >= 11 is 0. The summed E-state index contributed by atoms with van der Waals surface area (Å²) in [5, 5.41) is 9.28. The number of carbonyl (C=O) groups excluding carboxylic acids is 1. The molecule has 19 heavy (non-hydrogen) atoms. The van der Waals surface area contributed by atoms with Gasteiger partial charge in [-0.3, -0.25) is 4.79 Å². The molecule has 4 nitrogen and oxygen atoms in total. The van der Waals surface area contributed by atoms with Crippen LogP contribution in [0.1, 0.15) is 20.3 Å². The smallest absolute Gasteiger partial charge is 0.247 e. The summed E-state index contributed by atoms with van der Waals surface area (Å²) in [5.41, 5.74) is 0.998. The van der Waals surface area contributed by atoms with E-state index in [4.69, 9.17) is 0 Å². The Morgan fingerprint density at radius 2 is 2.00 bits per heavy atom. The normalized spacial score (nSPS) is 17.4. The lowest BCUT2D eigenvalue weighted by molar-refractivity contribution is -0.124. The molecular weight excluding hydrogens is 238 g/mol. The van der Waals surface area contributed by atoms with E-state index in [0.29, 0.717) is 13.0 Å². The molecule has 1 aliphatic rings. The van der Waals surface area contributed by atoms with Gasteiger partial charge in [0.2, 0.25) is 5.91 Å². The van der Waals surface area contributed by atoms with Crippen LogP contribution in [0.25, 0.3) is 0 Å². The lowest BCUT2D eigenvalue weighted by Crippen LogP contribution is -2.48. The summed E-state index contributed by atoms with van der Waals surface area (Å²) in [6, 6.07) is 10.00. The van der Waals surface area contributed by atoms with Gasteiger partial charge in [-0.05, 0) is 25.5 Å². The van der Waals surface area contributed by atoms with E-state index >= 15 is 0 Å². The van der Waals surface area contributed by atoms with Crippen molar-refractivity contribution in [3.63, 3.8) is 0 Å². The molecule has 1 aromatic carbocycles. The minimum Gasteiger partial charge on any atom is -0.371 e. The van der Waals surface area contributed by atoms with Gasteiger partial charge in [0.15, 0.2) is 0 Å². The van der Waals surface area contributed by atoms with E-state index in [0.717, 1.165) is 17.9 Å². The third kappa shape index (κ3) is 2.17. The van der Waals surface area contributed by atoms with Gasteiger partial charge >= 0.3 is 0 Å². The van der Waals surface area contributed by atoms with Gasteiger partial charge in [0.1, 0.15) is 5.41 Å². The number of nitrogens with zero attached hydrogens (tertiary/aromatic N) is 3. The predicted molar refractivity (Wildman–Crippen MR) is 76.1 cm³/mol. The third-order valence-corrected chi connectivity index (χ3v) is 3.91. The molecule has 0 spiro atoms. The fourth-order valence-electron chi connectivity index (χ4n) is 2.29. The zero-order chi connectivity index (χ0) is 14.0. The van der Waals surface area contributed by atoms with E-state index in [9.17, 15) is 10.1 Å². The van der Waals surface area contributed by atoms with E-state index in [1.807, 2.05) is 38.2 Å². The van der Waals surface area contributed by atoms with Crippen molar-refractivity contribution >= 4 is 17.3 Å². The average molecular weight is 257 g/mol. The van der Waals surface area contributed by atoms with Gasteiger partial charge in [0, 0.05) is 20.1 Å². The first kappa shape index (κ1) is 13.4. The van der Waals surface area contributed by atoms with Gasteiger partial charge < -0.3 is 9.80 Å². The molecule has 0 aliphatic carbocycles. The molecule has 1 amide bonds. The largest absolute Gasteiger partial charge is 0.371 e. The van der Waals surface area contributed by atoms with Gasteiger partial charge in [0.05, 0.1) is 17.4 Å². The molecule has 1 heterocycles. The van der Waals surface area contributed by atoms with Crippen LogP contribution in [0.5, 0.6) is 0 Å². The molecule has 100 valence electrons. The Balaban J connectivity index is 2.41. The highest BCUT2D eigenvalue weighted by atomic mass is 16.2. The molecule has 0 N–H and O–H groups in total. The highest BCUT2D eigenvalue weighted by Gasteiger charge is 2.38.